The summed E-state index contributed by atoms with van der Waals surface area (Å²) in [4.78, 5) is 17.2. The van der Waals surface area contributed by atoms with Crippen LogP contribution in [0.15, 0.2) is 87.5 Å². The Morgan fingerprint density at radius 1 is 1.09 bits per heavy atom. The molecule has 0 aliphatic carbocycles. The van der Waals surface area contributed by atoms with Gasteiger partial charge < -0.3 is 4.57 Å². The van der Waals surface area contributed by atoms with Crippen LogP contribution in [0.2, 0.25) is 5.02 Å². The smallest absolute Gasteiger partial charge is 0.250 e. The molecule has 0 spiro atoms. The molecule has 162 valence electrons. The van der Waals surface area contributed by atoms with Crippen molar-refractivity contribution in [1.29, 1.82) is 0 Å². The summed E-state index contributed by atoms with van der Waals surface area (Å²) in [5.74, 6) is 0.0256. The molecule has 0 atom stereocenters. The third kappa shape index (κ3) is 5.59. The number of halogens is 2. The maximum absolute atomic E-state index is 12.4. The summed E-state index contributed by atoms with van der Waals surface area (Å²) in [6.07, 6.45) is 0. The number of benzene rings is 3. The first-order valence-corrected chi connectivity index (χ1v) is 12.1. The molecule has 0 radical (unpaired) electrons. The van der Waals surface area contributed by atoms with Crippen molar-refractivity contribution in [3.8, 4) is 0 Å². The molecular formula is C24H20BrClN4OS. The average molecular weight is 528 g/mol. The minimum Gasteiger partial charge on any atom is -0.314 e. The zero-order valence-electron chi connectivity index (χ0n) is 17.3. The lowest BCUT2D eigenvalue weighted by atomic mass is 10.1. The number of rotatable bonds is 7. The van der Waals surface area contributed by atoms with Crippen LogP contribution in [0.4, 0.5) is 0 Å². The predicted octanol–water partition coefficient (Wildman–Crippen LogP) is 6.13. The number of thioether (sulfide) groups is 1. The molecule has 8 heteroatoms. The molecule has 1 N–H and O–H groups in total. The summed E-state index contributed by atoms with van der Waals surface area (Å²) >= 11 is 10.8. The molecule has 1 heterocycles. The Hall–Kier alpha value is -2.61. The van der Waals surface area contributed by atoms with E-state index in [1.54, 1.807) is 0 Å². The molecule has 0 aliphatic rings. The third-order valence-electron chi connectivity index (χ3n) is 4.82. The molecule has 0 fully saturated rings. The largest absolute Gasteiger partial charge is 0.314 e. The van der Waals surface area contributed by atoms with Gasteiger partial charge in [0.05, 0.1) is 29.0 Å². The molecule has 32 heavy (non-hydrogen) atoms. The SMILES string of the molecule is C/C(=N\NC(=O)CSc1nc2ccccc2n1Cc1ccc(Cl)cc1)c1ccc(Br)cc1. The molecule has 0 saturated heterocycles. The first-order valence-electron chi connectivity index (χ1n) is 9.91. The van der Waals surface area contributed by atoms with Crippen LogP contribution in [0.1, 0.15) is 18.1 Å². The summed E-state index contributed by atoms with van der Waals surface area (Å²) < 4.78 is 3.11. The van der Waals surface area contributed by atoms with Crippen LogP contribution in [0, 0.1) is 0 Å². The van der Waals surface area contributed by atoms with E-state index in [9.17, 15) is 4.79 Å². The molecule has 3 aromatic carbocycles. The zero-order chi connectivity index (χ0) is 22.5. The van der Waals surface area contributed by atoms with Gasteiger partial charge in [-0.3, -0.25) is 4.79 Å². The number of amides is 1. The lowest BCUT2D eigenvalue weighted by Gasteiger charge is -2.09. The maximum atomic E-state index is 12.4. The Morgan fingerprint density at radius 3 is 2.56 bits per heavy atom. The number of para-hydroxylation sites is 2. The fourth-order valence-electron chi connectivity index (χ4n) is 3.15. The van der Waals surface area contributed by atoms with Crippen LogP contribution in [-0.4, -0.2) is 26.9 Å². The second-order valence-electron chi connectivity index (χ2n) is 7.12. The number of hydrogen-bond donors (Lipinski definition) is 1. The van der Waals surface area contributed by atoms with E-state index in [1.807, 2.05) is 79.7 Å². The van der Waals surface area contributed by atoms with Gasteiger partial charge in [-0.1, -0.05) is 75.7 Å². The minimum absolute atomic E-state index is 0.184. The highest BCUT2D eigenvalue weighted by molar-refractivity contribution is 9.10. The molecule has 0 unspecified atom stereocenters. The predicted molar refractivity (Wildman–Crippen MR) is 136 cm³/mol. The highest BCUT2D eigenvalue weighted by Crippen LogP contribution is 2.25. The second-order valence-corrected chi connectivity index (χ2v) is 9.42. The number of aromatic nitrogens is 2. The molecule has 1 aromatic heterocycles. The van der Waals surface area contributed by atoms with Gasteiger partial charge in [0.15, 0.2) is 5.16 Å². The second kappa shape index (κ2) is 10.3. The van der Waals surface area contributed by atoms with Gasteiger partial charge in [-0.15, -0.1) is 0 Å². The Bertz CT molecular complexity index is 1270. The zero-order valence-corrected chi connectivity index (χ0v) is 20.4. The van der Waals surface area contributed by atoms with Gasteiger partial charge in [-0.05, 0) is 54.4 Å². The van der Waals surface area contributed by atoms with Gasteiger partial charge in [0.25, 0.3) is 5.91 Å². The Labute approximate surface area is 204 Å². The molecule has 5 nitrogen and oxygen atoms in total. The number of nitrogens with one attached hydrogen (secondary N) is 1. The van der Waals surface area contributed by atoms with E-state index in [1.165, 1.54) is 11.8 Å². The van der Waals surface area contributed by atoms with Crippen molar-refractivity contribution in [1.82, 2.24) is 15.0 Å². The van der Waals surface area contributed by atoms with Gasteiger partial charge >= 0.3 is 0 Å². The Balaban J connectivity index is 1.46. The van der Waals surface area contributed by atoms with Gasteiger partial charge in [-0.2, -0.15) is 5.10 Å². The number of hydrogen-bond acceptors (Lipinski definition) is 4. The quantitative estimate of drug-likeness (QED) is 0.179. The van der Waals surface area contributed by atoms with Crippen LogP contribution < -0.4 is 5.43 Å². The normalized spacial score (nSPS) is 11.7. The van der Waals surface area contributed by atoms with Crippen molar-refractivity contribution >= 4 is 61.9 Å². The Morgan fingerprint density at radius 2 is 1.81 bits per heavy atom. The van der Waals surface area contributed by atoms with Gasteiger partial charge in [-0.25, -0.2) is 10.4 Å². The van der Waals surface area contributed by atoms with Crippen molar-refractivity contribution < 1.29 is 4.79 Å². The number of hydrazone groups is 1. The van der Waals surface area contributed by atoms with E-state index < -0.39 is 0 Å². The molecule has 4 rings (SSSR count). The third-order valence-corrected chi connectivity index (χ3v) is 6.57. The van der Waals surface area contributed by atoms with Gasteiger partial charge in [0, 0.05) is 9.50 Å². The number of carbonyl (C=O) groups excluding carboxylic acids is 1. The number of carbonyl (C=O) groups is 1. The van der Waals surface area contributed by atoms with Gasteiger partial charge in [0.1, 0.15) is 0 Å². The minimum atomic E-state index is -0.184. The van der Waals surface area contributed by atoms with Crippen molar-refractivity contribution in [2.45, 2.75) is 18.6 Å². The van der Waals surface area contributed by atoms with E-state index in [2.05, 4.69) is 31.0 Å². The standard InChI is InChI=1S/C24H20BrClN4OS/c1-16(18-8-10-19(25)11-9-18)28-29-23(31)15-32-24-27-21-4-2-3-5-22(21)30(24)14-17-6-12-20(26)13-7-17/h2-13H,14-15H2,1H3,(H,29,31)/b28-16+. The molecule has 0 bridgehead atoms. The fraction of sp³-hybridized carbons (Fsp3) is 0.125. The van der Waals surface area contributed by atoms with Crippen molar-refractivity contribution in [2.24, 2.45) is 5.10 Å². The summed E-state index contributed by atoms with van der Waals surface area (Å²) in [7, 11) is 0. The molecular weight excluding hydrogens is 508 g/mol. The number of fused-ring (bicyclic) bond motifs is 1. The first-order chi connectivity index (χ1) is 15.5. The van der Waals surface area contributed by atoms with Crippen molar-refractivity contribution in [3.63, 3.8) is 0 Å². The first kappa shape index (κ1) is 22.6. The summed E-state index contributed by atoms with van der Waals surface area (Å²) in [6, 6.07) is 23.5. The molecule has 0 aliphatic heterocycles. The Kier molecular flexibility index (Phi) is 7.29. The molecule has 0 saturated carbocycles. The number of imidazole rings is 1. The highest BCUT2D eigenvalue weighted by Gasteiger charge is 2.13. The van der Waals surface area contributed by atoms with Crippen LogP contribution in [0.5, 0.6) is 0 Å². The summed E-state index contributed by atoms with van der Waals surface area (Å²) in [5.41, 5.74) is 7.36. The highest BCUT2D eigenvalue weighted by atomic mass is 79.9. The lowest BCUT2D eigenvalue weighted by Crippen LogP contribution is -2.21. The molecule has 4 aromatic rings. The summed E-state index contributed by atoms with van der Waals surface area (Å²) in [5, 5.41) is 5.71. The van der Waals surface area contributed by atoms with Crippen LogP contribution in [-0.2, 0) is 11.3 Å². The van der Waals surface area contributed by atoms with E-state index in [4.69, 9.17) is 16.6 Å². The van der Waals surface area contributed by atoms with Crippen LogP contribution >= 0.6 is 39.3 Å². The summed E-state index contributed by atoms with van der Waals surface area (Å²) in [6.45, 7) is 2.50. The van der Waals surface area contributed by atoms with E-state index >= 15 is 0 Å². The monoisotopic (exact) mass is 526 g/mol. The van der Waals surface area contributed by atoms with Crippen molar-refractivity contribution in [3.05, 3.63) is 93.4 Å². The maximum Gasteiger partial charge on any atom is 0.250 e. The van der Waals surface area contributed by atoms with Crippen molar-refractivity contribution in [2.75, 3.05) is 5.75 Å². The van der Waals surface area contributed by atoms with Crippen LogP contribution in [0.3, 0.4) is 0 Å². The van der Waals surface area contributed by atoms with E-state index in [0.717, 1.165) is 37.5 Å². The van der Waals surface area contributed by atoms with E-state index in [0.29, 0.717) is 11.6 Å². The van der Waals surface area contributed by atoms with E-state index in [-0.39, 0.29) is 11.7 Å². The fourth-order valence-corrected chi connectivity index (χ4v) is 4.35. The van der Waals surface area contributed by atoms with Gasteiger partial charge in [0.2, 0.25) is 0 Å². The average Bonchev–Trinajstić information content (AvgIpc) is 3.15. The number of nitrogens with zero attached hydrogens (tertiary/aromatic N) is 3. The topological polar surface area (TPSA) is 59.3 Å². The lowest BCUT2D eigenvalue weighted by molar-refractivity contribution is -0.118. The molecule has 1 amide bonds. The van der Waals surface area contributed by atoms with Crippen LogP contribution in [0.25, 0.3) is 11.0 Å².